The zero-order valence-electron chi connectivity index (χ0n) is 14.1. The van der Waals surface area contributed by atoms with Crippen LogP contribution in [0, 0.1) is 0 Å². The number of pyridine rings is 1. The van der Waals surface area contributed by atoms with Crippen LogP contribution >= 0.6 is 0 Å². The number of rotatable bonds is 4. The van der Waals surface area contributed by atoms with E-state index in [1.54, 1.807) is 0 Å². The molecule has 4 rings (SSSR count). The van der Waals surface area contributed by atoms with Gasteiger partial charge in [-0.05, 0) is 44.4 Å². The van der Waals surface area contributed by atoms with Gasteiger partial charge in [0.05, 0.1) is 23.4 Å². The smallest absolute Gasteiger partial charge is 0.213 e. The minimum atomic E-state index is 0.667. The summed E-state index contributed by atoms with van der Waals surface area (Å²) in [7, 11) is 0. The van der Waals surface area contributed by atoms with Gasteiger partial charge >= 0.3 is 0 Å². The van der Waals surface area contributed by atoms with Crippen LogP contribution in [0.4, 0.5) is 11.4 Å². The van der Waals surface area contributed by atoms with Crippen LogP contribution in [0.25, 0.3) is 10.9 Å². The first-order chi connectivity index (χ1) is 11.9. The molecule has 1 aliphatic rings. The van der Waals surface area contributed by atoms with E-state index in [0.29, 0.717) is 6.61 Å². The van der Waals surface area contributed by atoms with Crippen LogP contribution in [-0.2, 0) is 12.8 Å². The number of benzene rings is 2. The van der Waals surface area contributed by atoms with Crippen molar-refractivity contribution in [3.05, 3.63) is 59.8 Å². The highest BCUT2D eigenvalue weighted by Crippen LogP contribution is 2.36. The summed E-state index contributed by atoms with van der Waals surface area (Å²) in [6, 6.07) is 16.7. The lowest BCUT2D eigenvalue weighted by molar-refractivity contribution is -0.359. The fourth-order valence-corrected chi connectivity index (χ4v) is 3.58. The molecule has 0 bridgehead atoms. The standard InChI is InChI=1S/C21H22N2O/c1-2-24-20-14-8-7-13-19(20)23-21-15-9-3-5-11-17(15)22-18-12-6-4-10-16(18)21/h3,5,7-9,11,13-14H,2,4,6,10,12H2,1H3,(H,22,23)/p+1. The number of hydrogen-bond acceptors (Lipinski definition) is 2. The van der Waals surface area contributed by atoms with E-state index in [0.717, 1.165) is 24.3 Å². The van der Waals surface area contributed by atoms with E-state index in [1.807, 2.05) is 19.1 Å². The maximum Gasteiger partial charge on any atom is 0.213 e. The fourth-order valence-electron chi connectivity index (χ4n) is 3.58. The first-order valence-corrected chi connectivity index (χ1v) is 8.81. The van der Waals surface area contributed by atoms with Crippen molar-refractivity contribution in [1.82, 2.24) is 0 Å². The Kier molecular flexibility index (Phi) is 4.08. The van der Waals surface area contributed by atoms with Crippen LogP contribution in [0.1, 0.15) is 31.0 Å². The van der Waals surface area contributed by atoms with Crippen molar-refractivity contribution in [2.45, 2.75) is 32.6 Å². The molecule has 0 aliphatic heterocycles. The summed E-state index contributed by atoms with van der Waals surface area (Å²) >= 11 is 0. The van der Waals surface area contributed by atoms with E-state index in [-0.39, 0.29) is 0 Å². The van der Waals surface area contributed by atoms with Crippen molar-refractivity contribution in [2.75, 3.05) is 11.9 Å². The molecule has 24 heavy (non-hydrogen) atoms. The molecular weight excluding hydrogens is 296 g/mol. The molecule has 2 N–H and O–H groups in total. The van der Waals surface area contributed by atoms with Crippen molar-refractivity contribution < 1.29 is 9.72 Å². The third-order valence-electron chi connectivity index (χ3n) is 4.70. The largest absolute Gasteiger partial charge is 0.492 e. The Balaban J connectivity index is 1.87. The third-order valence-corrected chi connectivity index (χ3v) is 4.70. The predicted octanol–water partition coefficient (Wildman–Crippen LogP) is 4.68. The minimum Gasteiger partial charge on any atom is -0.492 e. The first-order valence-electron chi connectivity index (χ1n) is 8.81. The van der Waals surface area contributed by atoms with E-state index in [1.165, 1.54) is 40.7 Å². The van der Waals surface area contributed by atoms with Crippen LogP contribution in [0.5, 0.6) is 5.75 Å². The van der Waals surface area contributed by atoms with Crippen molar-refractivity contribution in [3.8, 4) is 5.75 Å². The Labute approximate surface area is 142 Å². The molecule has 0 amide bonds. The molecular formula is C21H23N2O+. The van der Waals surface area contributed by atoms with Gasteiger partial charge in [-0.3, -0.25) is 0 Å². The Hall–Kier alpha value is -2.55. The molecule has 3 heteroatoms. The van der Waals surface area contributed by atoms with Gasteiger partial charge in [0.1, 0.15) is 5.75 Å². The summed E-state index contributed by atoms with van der Waals surface area (Å²) in [5, 5.41) is 4.92. The molecule has 1 aliphatic carbocycles. The Morgan fingerprint density at radius 3 is 2.71 bits per heavy atom. The number of hydrogen-bond donors (Lipinski definition) is 1. The first kappa shape index (κ1) is 15.0. The summed E-state index contributed by atoms with van der Waals surface area (Å²) in [4.78, 5) is 3.64. The van der Waals surface area contributed by atoms with Gasteiger partial charge in [-0.25, -0.2) is 4.98 Å². The van der Waals surface area contributed by atoms with Gasteiger partial charge in [-0.15, -0.1) is 0 Å². The van der Waals surface area contributed by atoms with Gasteiger partial charge in [0.25, 0.3) is 0 Å². The van der Waals surface area contributed by atoms with Gasteiger partial charge in [-0.2, -0.15) is 0 Å². The third kappa shape index (κ3) is 2.71. The second kappa shape index (κ2) is 6.52. The number of anilines is 2. The summed E-state index contributed by atoms with van der Waals surface area (Å²) < 4.78 is 5.80. The van der Waals surface area contributed by atoms with E-state index in [2.05, 4.69) is 46.7 Å². The average molecular weight is 319 g/mol. The number of aromatic amines is 1. The van der Waals surface area contributed by atoms with Crippen molar-refractivity contribution in [1.29, 1.82) is 0 Å². The summed E-state index contributed by atoms with van der Waals surface area (Å²) in [6.07, 6.45) is 4.76. The van der Waals surface area contributed by atoms with E-state index >= 15 is 0 Å². The predicted molar refractivity (Wildman–Crippen MR) is 98.0 cm³/mol. The molecule has 1 heterocycles. The van der Waals surface area contributed by atoms with Crippen LogP contribution in [-0.4, -0.2) is 6.61 Å². The van der Waals surface area contributed by atoms with Gasteiger partial charge in [0, 0.05) is 18.1 Å². The Morgan fingerprint density at radius 2 is 1.79 bits per heavy atom. The van der Waals surface area contributed by atoms with Gasteiger partial charge in [-0.1, -0.05) is 24.3 Å². The van der Waals surface area contributed by atoms with Crippen LogP contribution in [0.3, 0.4) is 0 Å². The minimum absolute atomic E-state index is 0.667. The number of aromatic nitrogens is 1. The molecule has 122 valence electrons. The maximum atomic E-state index is 5.80. The highest BCUT2D eigenvalue weighted by molar-refractivity contribution is 5.93. The molecule has 0 spiro atoms. The van der Waals surface area contributed by atoms with Crippen LogP contribution in [0.15, 0.2) is 48.5 Å². The Morgan fingerprint density at radius 1 is 1.00 bits per heavy atom. The number of nitrogens with one attached hydrogen (secondary N) is 2. The number of aryl methyl sites for hydroxylation is 1. The van der Waals surface area contributed by atoms with Gasteiger partial charge in [0.15, 0.2) is 5.69 Å². The second-order valence-corrected chi connectivity index (χ2v) is 6.26. The number of para-hydroxylation sites is 3. The number of H-pyrrole nitrogens is 1. The molecule has 3 nitrogen and oxygen atoms in total. The second-order valence-electron chi connectivity index (χ2n) is 6.26. The normalized spacial score (nSPS) is 13.5. The van der Waals surface area contributed by atoms with Gasteiger partial charge in [0.2, 0.25) is 5.52 Å². The fraction of sp³-hybridized carbons (Fsp3) is 0.286. The molecule has 3 aromatic rings. The van der Waals surface area contributed by atoms with E-state index in [9.17, 15) is 0 Å². The molecule has 0 radical (unpaired) electrons. The maximum absolute atomic E-state index is 5.80. The summed E-state index contributed by atoms with van der Waals surface area (Å²) in [5.74, 6) is 0.904. The van der Waals surface area contributed by atoms with Crippen LogP contribution < -0.4 is 15.0 Å². The van der Waals surface area contributed by atoms with E-state index < -0.39 is 0 Å². The molecule has 0 fully saturated rings. The van der Waals surface area contributed by atoms with Crippen LogP contribution in [0.2, 0.25) is 0 Å². The Bertz CT molecular complexity index is 873. The molecule has 0 saturated heterocycles. The molecule has 0 atom stereocenters. The highest BCUT2D eigenvalue weighted by atomic mass is 16.5. The zero-order chi connectivity index (χ0) is 16.4. The number of ether oxygens (including phenoxy) is 1. The lowest BCUT2D eigenvalue weighted by atomic mass is 9.92. The molecule has 1 aromatic heterocycles. The van der Waals surface area contributed by atoms with Crippen molar-refractivity contribution >= 4 is 22.3 Å². The zero-order valence-corrected chi connectivity index (χ0v) is 14.1. The van der Waals surface area contributed by atoms with Crippen molar-refractivity contribution in [3.63, 3.8) is 0 Å². The monoisotopic (exact) mass is 319 g/mol. The van der Waals surface area contributed by atoms with Crippen molar-refractivity contribution in [2.24, 2.45) is 0 Å². The number of fused-ring (bicyclic) bond motifs is 2. The highest BCUT2D eigenvalue weighted by Gasteiger charge is 2.23. The molecule has 0 unspecified atom stereocenters. The average Bonchev–Trinajstić information content (AvgIpc) is 2.63. The quantitative estimate of drug-likeness (QED) is 0.758. The lowest BCUT2D eigenvalue weighted by Crippen LogP contribution is -2.20. The molecule has 0 saturated carbocycles. The topological polar surface area (TPSA) is 35.4 Å². The molecule has 2 aromatic carbocycles. The van der Waals surface area contributed by atoms with Gasteiger partial charge < -0.3 is 10.1 Å². The van der Waals surface area contributed by atoms with E-state index in [4.69, 9.17) is 4.74 Å². The lowest BCUT2D eigenvalue weighted by Gasteiger charge is -2.19. The summed E-state index contributed by atoms with van der Waals surface area (Å²) in [6.45, 7) is 2.69. The summed E-state index contributed by atoms with van der Waals surface area (Å²) in [5.41, 5.74) is 6.24. The SMILES string of the molecule is CCOc1ccccc1Nc1c2c([nH+]c3ccccc13)CCCC2.